The zero-order valence-corrected chi connectivity index (χ0v) is 8.32. The second-order valence-corrected chi connectivity index (χ2v) is 3.68. The van der Waals surface area contributed by atoms with Crippen molar-refractivity contribution in [2.24, 2.45) is 0 Å². The minimum absolute atomic E-state index is 0.356. The normalized spacial score (nSPS) is 11.3. The van der Waals surface area contributed by atoms with Gasteiger partial charge in [-0.1, -0.05) is 22.8 Å². The van der Waals surface area contributed by atoms with Gasteiger partial charge in [-0.25, -0.2) is 4.98 Å². The van der Waals surface area contributed by atoms with Crippen molar-refractivity contribution < 1.29 is 4.52 Å². The van der Waals surface area contributed by atoms with Crippen LogP contribution < -0.4 is 5.73 Å². The molecule has 5 heteroatoms. The second kappa shape index (κ2) is 2.84. The first kappa shape index (κ1) is 8.49. The highest BCUT2D eigenvalue weighted by atomic mass is 35.5. The first-order valence-corrected chi connectivity index (χ1v) is 4.73. The van der Waals surface area contributed by atoms with Gasteiger partial charge in [0.1, 0.15) is 0 Å². The SMILES string of the molecule is Nc1noc2nc3cc(Cl)ccc3cc12. The molecule has 0 saturated carbocycles. The lowest BCUT2D eigenvalue weighted by Gasteiger charge is -1.96. The number of rotatable bonds is 0. The molecule has 0 saturated heterocycles. The number of nitrogens with two attached hydrogens (primary N) is 1. The number of hydrogen-bond donors (Lipinski definition) is 1. The van der Waals surface area contributed by atoms with E-state index in [-0.39, 0.29) is 0 Å². The highest BCUT2D eigenvalue weighted by Gasteiger charge is 2.07. The molecule has 2 N–H and O–H groups in total. The van der Waals surface area contributed by atoms with Gasteiger partial charge in [-0.05, 0) is 18.2 Å². The zero-order chi connectivity index (χ0) is 10.4. The van der Waals surface area contributed by atoms with Gasteiger partial charge < -0.3 is 10.3 Å². The highest BCUT2D eigenvalue weighted by Crippen LogP contribution is 2.25. The number of aromatic nitrogens is 2. The van der Waals surface area contributed by atoms with Crippen LogP contribution in [0.3, 0.4) is 0 Å². The lowest BCUT2D eigenvalue weighted by atomic mass is 10.2. The predicted octanol–water partition coefficient (Wildman–Crippen LogP) is 2.61. The van der Waals surface area contributed by atoms with E-state index in [2.05, 4.69) is 10.1 Å². The van der Waals surface area contributed by atoms with Crippen molar-refractivity contribution in [3.63, 3.8) is 0 Å². The summed E-state index contributed by atoms with van der Waals surface area (Å²) in [4.78, 5) is 4.27. The van der Waals surface area contributed by atoms with Crippen LogP contribution in [0.1, 0.15) is 0 Å². The predicted molar refractivity (Wildman–Crippen MR) is 58.7 cm³/mol. The molecule has 3 rings (SSSR count). The third-order valence-electron chi connectivity index (χ3n) is 2.25. The monoisotopic (exact) mass is 219 g/mol. The first-order valence-electron chi connectivity index (χ1n) is 4.35. The lowest BCUT2D eigenvalue weighted by molar-refractivity contribution is 0.453. The largest absolute Gasteiger partial charge is 0.380 e. The van der Waals surface area contributed by atoms with Crippen molar-refractivity contribution >= 4 is 39.4 Å². The number of halogens is 1. The van der Waals surface area contributed by atoms with E-state index in [1.807, 2.05) is 12.1 Å². The van der Waals surface area contributed by atoms with Crippen LogP contribution in [-0.4, -0.2) is 10.1 Å². The average molecular weight is 220 g/mol. The fourth-order valence-electron chi connectivity index (χ4n) is 1.52. The quantitative estimate of drug-likeness (QED) is 0.631. The van der Waals surface area contributed by atoms with Crippen molar-refractivity contribution in [2.75, 3.05) is 5.73 Å². The Morgan fingerprint density at radius 2 is 2.13 bits per heavy atom. The van der Waals surface area contributed by atoms with E-state index in [0.29, 0.717) is 16.6 Å². The maximum Gasteiger partial charge on any atom is 0.260 e. The summed E-state index contributed by atoms with van der Waals surface area (Å²) in [6.45, 7) is 0. The molecule has 0 aliphatic carbocycles. The molecule has 1 aromatic carbocycles. The number of nitrogen functional groups attached to an aromatic ring is 1. The average Bonchev–Trinajstić information content (AvgIpc) is 2.57. The maximum absolute atomic E-state index is 5.86. The molecule has 4 nitrogen and oxygen atoms in total. The molecule has 0 unspecified atom stereocenters. The number of pyridine rings is 1. The van der Waals surface area contributed by atoms with Gasteiger partial charge in [-0.2, -0.15) is 0 Å². The Hall–Kier alpha value is -1.81. The van der Waals surface area contributed by atoms with Crippen LogP contribution in [0, 0.1) is 0 Å². The Kier molecular flexibility index (Phi) is 1.61. The van der Waals surface area contributed by atoms with Gasteiger partial charge in [0.2, 0.25) is 0 Å². The van der Waals surface area contributed by atoms with Gasteiger partial charge in [0.05, 0.1) is 10.9 Å². The van der Waals surface area contributed by atoms with Gasteiger partial charge in [-0.15, -0.1) is 0 Å². The Morgan fingerprint density at radius 3 is 3.00 bits per heavy atom. The standard InChI is InChI=1S/C10H6ClN3O/c11-6-2-1-5-3-7-9(12)14-15-10(7)13-8(5)4-6/h1-4H,(H2,12,14). The van der Waals surface area contributed by atoms with Crippen LogP contribution in [0.5, 0.6) is 0 Å². The van der Waals surface area contributed by atoms with Crippen molar-refractivity contribution in [3.05, 3.63) is 29.3 Å². The van der Waals surface area contributed by atoms with E-state index in [1.54, 1.807) is 12.1 Å². The van der Waals surface area contributed by atoms with Crippen molar-refractivity contribution in [3.8, 4) is 0 Å². The fourth-order valence-corrected chi connectivity index (χ4v) is 1.68. The molecule has 3 aromatic rings. The number of hydrogen-bond acceptors (Lipinski definition) is 4. The minimum Gasteiger partial charge on any atom is -0.380 e. The summed E-state index contributed by atoms with van der Waals surface area (Å²) >= 11 is 5.86. The molecule has 0 fully saturated rings. The number of nitrogens with zero attached hydrogens (tertiary/aromatic N) is 2. The summed E-state index contributed by atoms with van der Waals surface area (Å²) in [5, 5.41) is 5.98. The fraction of sp³-hybridized carbons (Fsp3) is 0. The van der Waals surface area contributed by atoms with E-state index in [4.69, 9.17) is 21.9 Å². The third-order valence-corrected chi connectivity index (χ3v) is 2.49. The van der Waals surface area contributed by atoms with Gasteiger partial charge in [0.15, 0.2) is 5.82 Å². The third kappa shape index (κ3) is 1.22. The van der Waals surface area contributed by atoms with E-state index in [1.165, 1.54) is 0 Å². The molecule has 0 aliphatic rings. The van der Waals surface area contributed by atoms with Gasteiger partial charge >= 0.3 is 0 Å². The van der Waals surface area contributed by atoms with Crippen LogP contribution in [-0.2, 0) is 0 Å². The van der Waals surface area contributed by atoms with Crippen LogP contribution >= 0.6 is 11.6 Å². The summed E-state index contributed by atoms with van der Waals surface area (Å²) in [6.07, 6.45) is 0. The molecule has 2 heterocycles. The lowest BCUT2D eigenvalue weighted by Crippen LogP contribution is -1.84. The summed E-state index contributed by atoms with van der Waals surface area (Å²) in [5.41, 5.74) is 6.83. The van der Waals surface area contributed by atoms with E-state index >= 15 is 0 Å². The Morgan fingerprint density at radius 1 is 1.27 bits per heavy atom. The van der Waals surface area contributed by atoms with Gasteiger partial charge in [0.25, 0.3) is 5.71 Å². The molecule has 74 valence electrons. The highest BCUT2D eigenvalue weighted by molar-refractivity contribution is 6.31. The summed E-state index contributed by atoms with van der Waals surface area (Å²) < 4.78 is 4.97. The molecule has 0 amide bonds. The number of anilines is 1. The minimum atomic E-state index is 0.356. The van der Waals surface area contributed by atoms with Crippen LogP contribution in [0.25, 0.3) is 22.0 Å². The van der Waals surface area contributed by atoms with Crippen molar-refractivity contribution in [1.82, 2.24) is 10.1 Å². The molecule has 0 radical (unpaired) electrons. The molecule has 0 aliphatic heterocycles. The van der Waals surface area contributed by atoms with Crippen LogP contribution in [0.15, 0.2) is 28.8 Å². The molecular weight excluding hydrogens is 214 g/mol. The van der Waals surface area contributed by atoms with Crippen molar-refractivity contribution in [2.45, 2.75) is 0 Å². The summed E-state index contributed by atoms with van der Waals surface area (Å²) in [5.74, 6) is 0.356. The topological polar surface area (TPSA) is 64.9 Å². The maximum atomic E-state index is 5.86. The second-order valence-electron chi connectivity index (χ2n) is 3.25. The molecular formula is C10H6ClN3O. The van der Waals surface area contributed by atoms with E-state index in [0.717, 1.165) is 16.3 Å². The molecule has 0 spiro atoms. The van der Waals surface area contributed by atoms with E-state index in [9.17, 15) is 0 Å². The van der Waals surface area contributed by atoms with Gasteiger partial charge in [-0.3, -0.25) is 0 Å². The van der Waals surface area contributed by atoms with Crippen LogP contribution in [0.4, 0.5) is 5.82 Å². The summed E-state index contributed by atoms with van der Waals surface area (Å²) in [6, 6.07) is 7.35. The number of fused-ring (bicyclic) bond motifs is 2. The molecule has 0 bridgehead atoms. The Bertz CT molecular complexity index is 662. The summed E-state index contributed by atoms with van der Waals surface area (Å²) in [7, 11) is 0. The molecule has 0 atom stereocenters. The Balaban J connectivity index is 2.49. The van der Waals surface area contributed by atoms with Crippen molar-refractivity contribution in [1.29, 1.82) is 0 Å². The van der Waals surface area contributed by atoms with E-state index < -0.39 is 0 Å². The van der Waals surface area contributed by atoms with Gasteiger partial charge in [0, 0.05) is 10.4 Å². The first-order chi connectivity index (χ1) is 7.24. The van der Waals surface area contributed by atoms with Crippen LogP contribution in [0.2, 0.25) is 5.02 Å². The number of benzene rings is 1. The molecule has 15 heavy (non-hydrogen) atoms. The Labute approximate surface area is 89.6 Å². The zero-order valence-electron chi connectivity index (χ0n) is 7.57. The smallest absolute Gasteiger partial charge is 0.260 e. The molecule has 2 aromatic heterocycles.